The van der Waals surface area contributed by atoms with Crippen LogP contribution in [0.2, 0.25) is 0 Å². The van der Waals surface area contributed by atoms with E-state index in [0.717, 1.165) is 5.52 Å². The van der Waals surface area contributed by atoms with Gasteiger partial charge in [-0.1, -0.05) is 12.1 Å². The molecule has 4 rings (SSSR count). The molecule has 0 amide bonds. The number of para-hydroxylation sites is 2. The Labute approximate surface area is 155 Å². The Bertz CT molecular complexity index is 1130. The van der Waals surface area contributed by atoms with E-state index in [2.05, 4.69) is 30.0 Å². The number of imidazole rings is 1. The molecule has 142 valence electrons. The standard InChI is InChI=1S/C17H12F3N7O/c18-17(19,20)28-11-7-5-10(6-8-11)24-15-22-9-23-16(26-15)27-13-4-2-1-3-12(13)25-14(27)21/h1-9H,(H2,21,25)(H,22,23,24,26). The maximum Gasteiger partial charge on any atom is 0.573 e. The number of nitrogens with one attached hydrogen (secondary N) is 1. The van der Waals surface area contributed by atoms with Gasteiger partial charge in [0.2, 0.25) is 17.8 Å². The third-order valence-electron chi connectivity index (χ3n) is 3.69. The number of anilines is 3. The lowest BCUT2D eigenvalue weighted by atomic mass is 10.3. The van der Waals surface area contributed by atoms with E-state index in [1.165, 1.54) is 30.6 Å². The summed E-state index contributed by atoms with van der Waals surface area (Å²) in [5.74, 6) is 0.325. The van der Waals surface area contributed by atoms with Crippen molar-refractivity contribution in [2.45, 2.75) is 6.36 Å². The second-order valence-electron chi connectivity index (χ2n) is 5.60. The molecule has 2 aromatic carbocycles. The molecule has 2 aromatic heterocycles. The number of nitrogens with zero attached hydrogens (tertiary/aromatic N) is 5. The fraction of sp³-hybridized carbons (Fsp3) is 0.0588. The Kier molecular flexibility index (Phi) is 4.18. The second-order valence-corrected chi connectivity index (χ2v) is 5.60. The van der Waals surface area contributed by atoms with E-state index in [0.29, 0.717) is 11.2 Å². The lowest BCUT2D eigenvalue weighted by molar-refractivity contribution is -0.274. The van der Waals surface area contributed by atoms with Crippen LogP contribution in [0.4, 0.5) is 30.8 Å². The molecule has 28 heavy (non-hydrogen) atoms. The van der Waals surface area contributed by atoms with Gasteiger partial charge in [0.1, 0.15) is 12.1 Å². The van der Waals surface area contributed by atoms with Crippen LogP contribution in [0, 0.1) is 0 Å². The van der Waals surface area contributed by atoms with Crippen molar-refractivity contribution in [3.8, 4) is 11.7 Å². The Morgan fingerprint density at radius 2 is 1.71 bits per heavy atom. The predicted molar refractivity (Wildman–Crippen MR) is 95.3 cm³/mol. The Morgan fingerprint density at radius 1 is 0.964 bits per heavy atom. The summed E-state index contributed by atoms with van der Waals surface area (Å²) in [6, 6.07) is 12.5. The third-order valence-corrected chi connectivity index (χ3v) is 3.69. The summed E-state index contributed by atoms with van der Waals surface area (Å²) in [7, 11) is 0. The summed E-state index contributed by atoms with van der Waals surface area (Å²) < 4.78 is 42.1. The molecule has 0 aliphatic rings. The molecule has 0 aliphatic carbocycles. The highest BCUT2D eigenvalue weighted by atomic mass is 19.4. The molecular formula is C17H12F3N7O. The van der Waals surface area contributed by atoms with Crippen LogP contribution in [0.3, 0.4) is 0 Å². The molecule has 0 saturated heterocycles. The van der Waals surface area contributed by atoms with Crippen molar-refractivity contribution in [3.63, 3.8) is 0 Å². The minimum absolute atomic E-state index is 0.187. The van der Waals surface area contributed by atoms with Gasteiger partial charge in [0.25, 0.3) is 0 Å². The number of nitrogens with two attached hydrogens (primary N) is 1. The molecule has 0 unspecified atom stereocenters. The van der Waals surface area contributed by atoms with Gasteiger partial charge in [-0.2, -0.15) is 4.98 Å². The molecule has 0 radical (unpaired) electrons. The predicted octanol–water partition coefficient (Wildman–Crippen LogP) is 3.43. The van der Waals surface area contributed by atoms with Gasteiger partial charge in [-0.3, -0.25) is 0 Å². The van der Waals surface area contributed by atoms with Crippen molar-refractivity contribution in [3.05, 3.63) is 54.9 Å². The molecular weight excluding hydrogens is 375 g/mol. The maximum atomic E-state index is 12.2. The quantitative estimate of drug-likeness (QED) is 0.553. The number of benzene rings is 2. The van der Waals surface area contributed by atoms with E-state index in [1.54, 1.807) is 4.57 Å². The van der Waals surface area contributed by atoms with Crippen LogP contribution >= 0.6 is 0 Å². The maximum absolute atomic E-state index is 12.2. The first-order valence-corrected chi connectivity index (χ1v) is 7.94. The van der Waals surface area contributed by atoms with E-state index in [4.69, 9.17) is 5.73 Å². The number of halogens is 3. The molecule has 8 nitrogen and oxygen atoms in total. The second kappa shape index (κ2) is 6.68. The zero-order valence-electron chi connectivity index (χ0n) is 14.1. The molecule has 0 saturated carbocycles. The molecule has 3 N–H and O–H groups in total. The Balaban J connectivity index is 1.60. The first-order valence-electron chi connectivity index (χ1n) is 7.94. The van der Waals surface area contributed by atoms with Gasteiger partial charge in [-0.25, -0.2) is 19.5 Å². The van der Waals surface area contributed by atoms with E-state index in [-0.39, 0.29) is 23.6 Å². The number of alkyl halides is 3. The third kappa shape index (κ3) is 3.63. The first kappa shape index (κ1) is 17.5. The van der Waals surface area contributed by atoms with Gasteiger partial charge in [-0.05, 0) is 36.4 Å². The van der Waals surface area contributed by atoms with Crippen molar-refractivity contribution < 1.29 is 17.9 Å². The lowest BCUT2D eigenvalue weighted by Crippen LogP contribution is -2.17. The van der Waals surface area contributed by atoms with Crippen LogP contribution in [0.15, 0.2) is 54.9 Å². The normalized spacial score (nSPS) is 11.5. The number of hydrogen-bond donors (Lipinski definition) is 2. The summed E-state index contributed by atoms with van der Waals surface area (Å²) in [6.07, 6.45) is -3.45. The monoisotopic (exact) mass is 387 g/mol. The number of aromatic nitrogens is 5. The van der Waals surface area contributed by atoms with Gasteiger partial charge >= 0.3 is 6.36 Å². The lowest BCUT2D eigenvalue weighted by Gasteiger charge is -2.10. The van der Waals surface area contributed by atoms with Crippen LogP contribution in [0.25, 0.3) is 17.0 Å². The van der Waals surface area contributed by atoms with Gasteiger partial charge in [-0.15, -0.1) is 13.2 Å². The SMILES string of the molecule is Nc1nc2ccccc2n1-c1ncnc(Nc2ccc(OC(F)(F)F)cc2)n1. The highest BCUT2D eigenvalue weighted by Crippen LogP contribution is 2.25. The van der Waals surface area contributed by atoms with Crippen LogP contribution in [0.5, 0.6) is 5.75 Å². The van der Waals surface area contributed by atoms with Gasteiger partial charge < -0.3 is 15.8 Å². The Hall–Kier alpha value is -3.89. The summed E-state index contributed by atoms with van der Waals surface area (Å²) in [4.78, 5) is 16.7. The summed E-state index contributed by atoms with van der Waals surface area (Å²) in [5.41, 5.74) is 7.87. The van der Waals surface area contributed by atoms with Crippen molar-refractivity contribution in [2.75, 3.05) is 11.1 Å². The zero-order chi connectivity index (χ0) is 19.7. The average Bonchev–Trinajstić information content (AvgIpc) is 2.98. The minimum Gasteiger partial charge on any atom is -0.406 e. The van der Waals surface area contributed by atoms with Crippen molar-refractivity contribution in [2.24, 2.45) is 0 Å². The molecule has 2 heterocycles. The topological polar surface area (TPSA) is 104 Å². The van der Waals surface area contributed by atoms with E-state index in [1.807, 2.05) is 24.3 Å². The molecule has 0 aliphatic heterocycles. The summed E-state index contributed by atoms with van der Waals surface area (Å²) >= 11 is 0. The number of nitrogen functional groups attached to an aromatic ring is 1. The Morgan fingerprint density at radius 3 is 2.46 bits per heavy atom. The van der Waals surface area contributed by atoms with Gasteiger partial charge in [0, 0.05) is 5.69 Å². The van der Waals surface area contributed by atoms with Crippen molar-refractivity contribution >= 4 is 28.6 Å². The van der Waals surface area contributed by atoms with E-state index < -0.39 is 6.36 Å². The number of hydrogen-bond acceptors (Lipinski definition) is 7. The number of rotatable bonds is 4. The number of ether oxygens (including phenoxy) is 1. The fourth-order valence-electron chi connectivity index (χ4n) is 2.58. The van der Waals surface area contributed by atoms with Crippen LogP contribution in [-0.2, 0) is 0 Å². The highest BCUT2D eigenvalue weighted by molar-refractivity contribution is 5.80. The number of fused-ring (bicyclic) bond motifs is 1. The summed E-state index contributed by atoms with van der Waals surface area (Å²) in [5, 5.41) is 2.89. The molecule has 11 heteroatoms. The molecule has 0 bridgehead atoms. The highest BCUT2D eigenvalue weighted by Gasteiger charge is 2.30. The molecule has 0 atom stereocenters. The summed E-state index contributed by atoms with van der Waals surface area (Å²) in [6.45, 7) is 0. The van der Waals surface area contributed by atoms with Crippen LogP contribution in [-0.4, -0.2) is 30.9 Å². The average molecular weight is 387 g/mol. The van der Waals surface area contributed by atoms with Crippen LogP contribution in [0.1, 0.15) is 0 Å². The van der Waals surface area contributed by atoms with Gasteiger partial charge in [0.15, 0.2) is 0 Å². The fourth-order valence-corrected chi connectivity index (χ4v) is 2.58. The van der Waals surface area contributed by atoms with E-state index >= 15 is 0 Å². The zero-order valence-corrected chi connectivity index (χ0v) is 14.1. The first-order chi connectivity index (χ1) is 13.4. The van der Waals surface area contributed by atoms with Crippen LogP contribution < -0.4 is 15.8 Å². The van der Waals surface area contributed by atoms with E-state index in [9.17, 15) is 13.2 Å². The van der Waals surface area contributed by atoms with Crippen molar-refractivity contribution in [1.82, 2.24) is 24.5 Å². The minimum atomic E-state index is -4.74. The molecule has 0 spiro atoms. The van der Waals surface area contributed by atoms with Gasteiger partial charge in [0.05, 0.1) is 11.0 Å². The largest absolute Gasteiger partial charge is 0.573 e. The molecule has 4 aromatic rings. The van der Waals surface area contributed by atoms with Crippen molar-refractivity contribution in [1.29, 1.82) is 0 Å². The smallest absolute Gasteiger partial charge is 0.406 e. The molecule has 0 fully saturated rings.